The number of hydrogen-bond donors (Lipinski definition) is 0. The lowest BCUT2D eigenvalue weighted by Crippen LogP contribution is -2.47. The lowest BCUT2D eigenvalue weighted by Gasteiger charge is -2.34. The minimum Gasteiger partial charge on any atom is -0.478 e. The molecular weight excluding hydrogens is 395 g/mol. The van der Waals surface area contributed by atoms with E-state index in [1.165, 1.54) is 6.07 Å². The van der Waals surface area contributed by atoms with Crippen molar-refractivity contribution in [3.63, 3.8) is 0 Å². The van der Waals surface area contributed by atoms with Crippen LogP contribution in [0.3, 0.4) is 0 Å². The van der Waals surface area contributed by atoms with Crippen LogP contribution in [0.2, 0.25) is 0 Å². The summed E-state index contributed by atoms with van der Waals surface area (Å²) in [6.07, 6.45) is 2.92. The van der Waals surface area contributed by atoms with Gasteiger partial charge in [0.1, 0.15) is 0 Å². The Morgan fingerprint density at radius 1 is 1.14 bits per heavy atom. The van der Waals surface area contributed by atoms with Crippen molar-refractivity contribution in [1.29, 1.82) is 0 Å². The summed E-state index contributed by atoms with van der Waals surface area (Å²) in [5.74, 6) is 0.772. The zero-order chi connectivity index (χ0) is 20.2. The molecule has 0 bridgehead atoms. The molecule has 0 saturated carbocycles. The minimum absolute atomic E-state index is 0.148. The lowest BCUT2D eigenvalue weighted by atomic mass is 10.3. The van der Waals surface area contributed by atoms with Crippen molar-refractivity contribution in [2.75, 3.05) is 31.1 Å². The van der Waals surface area contributed by atoms with Gasteiger partial charge in [-0.3, -0.25) is 4.90 Å². The Morgan fingerprint density at radius 3 is 2.59 bits per heavy atom. The fourth-order valence-corrected chi connectivity index (χ4v) is 3.27. The van der Waals surface area contributed by atoms with Crippen LogP contribution in [0.1, 0.15) is 18.9 Å². The van der Waals surface area contributed by atoms with Crippen molar-refractivity contribution < 1.29 is 13.5 Å². The highest BCUT2D eigenvalue weighted by molar-refractivity contribution is 7.71. The molecule has 1 fully saturated rings. The fourth-order valence-electron chi connectivity index (χ4n) is 3.09. The van der Waals surface area contributed by atoms with E-state index in [0.717, 1.165) is 32.1 Å². The third kappa shape index (κ3) is 4.60. The molecule has 4 rings (SSSR count). The first kappa shape index (κ1) is 19.5. The second-order valence-corrected chi connectivity index (χ2v) is 7.04. The summed E-state index contributed by atoms with van der Waals surface area (Å²) in [4.78, 5) is 13.2. The highest BCUT2D eigenvalue weighted by Crippen LogP contribution is 2.23. The highest BCUT2D eigenvalue weighted by atomic mass is 32.1. The topological polar surface area (TPSA) is 72.5 Å². The minimum atomic E-state index is -0.568. The number of hydrogen-bond acceptors (Lipinski definition) is 8. The second kappa shape index (κ2) is 8.66. The molecule has 0 aliphatic carbocycles. The molecule has 2 aromatic heterocycles. The number of piperazine rings is 1. The number of para-hydroxylation sites is 1. The molecule has 0 N–H and O–H groups in total. The van der Waals surface area contributed by atoms with Crippen molar-refractivity contribution in [1.82, 2.24) is 24.6 Å². The predicted octanol–water partition coefficient (Wildman–Crippen LogP) is 3.05. The molecule has 10 heteroatoms. The van der Waals surface area contributed by atoms with Gasteiger partial charge in [0.05, 0.1) is 6.67 Å². The molecule has 0 radical (unpaired) electrons. The molecule has 3 aromatic rings. The molecular formula is C19H21FN6O2S. The average Bonchev–Trinajstić information content (AvgIpc) is 3.11. The van der Waals surface area contributed by atoms with Crippen molar-refractivity contribution >= 4 is 18.2 Å². The van der Waals surface area contributed by atoms with Crippen LogP contribution in [0.5, 0.6) is 5.75 Å². The van der Waals surface area contributed by atoms with E-state index < -0.39 is 11.9 Å². The summed E-state index contributed by atoms with van der Waals surface area (Å²) in [6, 6.07) is 8.03. The van der Waals surface area contributed by atoms with E-state index in [2.05, 4.69) is 24.9 Å². The summed E-state index contributed by atoms with van der Waals surface area (Å²) in [5.41, 5.74) is 0. The molecule has 0 amide bonds. The number of aromatic nitrogens is 4. The first-order chi connectivity index (χ1) is 14.1. The van der Waals surface area contributed by atoms with E-state index in [1.54, 1.807) is 48.3 Å². The van der Waals surface area contributed by atoms with E-state index in [0.29, 0.717) is 12.6 Å². The summed E-state index contributed by atoms with van der Waals surface area (Å²) in [6.45, 7) is 5.53. The Kier molecular flexibility index (Phi) is 5.81. The van der Waals surface area contributed by atoms with Crippen molar-refractivity contribution in [3.05, 3.63) is 59.3 Å². The van der Waals surface area contributed by atoms with Crippen LogP contribution >= 0.6 is 12.2 Å². The quantitative estimate of drug-likeness (QED) is 0.568. The lowest BCUT2D eigenvalue weighted by molar-refractivity contribution is 0.178. The van der Waals surface area contributed by atoms with Crippen molar-refractivity contribution in [2.45, 2.75) is 19.7 Å². The van der Waals surface area contributed by atoms with Gasteiger partial charge < -0.3 is 14.1 Å². The Bertz CT molecular complexity index is 1000. The van der Waals surface area contributed by atoms with Crippen LogP contribution in [-0.2, 0) is 6.67 Å². The highest BCUT2D eigenvalue weighted by Gasteiger charge is 2.21. The van der Waals surface area contributed by atoms with Crippen LogP contribution < -0.4 is 9.64 Å². The molecule has 0 spiro atoms. The molecule has 0 unspecified atom stereocenters. The van der Waals surface area contributed by atoms with Gasteiger partial charge in [-0.25, -0.2) is 19.0 Å². The zero-order valence-corrected chi connectivity index (χ0v) is 16.8. The van der Waals surface area contributed by atoms with Gasteiger partial charge in [0, 0.05) is 38.6 Å². The van der Waals surface area contributed by atoms with Gasteiger partial charge in [-0.05, 0) is 37.3 Å². The molecule has 1 atom stereocenters. The van der Waals surface area contributed by atoms with Gasteiger partial charge in [-0.2, -0.15) is 0 Å². The monoisotopic (exact) mass is 416 g/mol. The number of anilines is 1. The Morgan fingerprint density at radius 2 is 1.86 bits per heavy atom. The standard InChI is InChI=1S/C19H21FN6O2S/c1-14(27-16-6-3-2-5-15(16)20)17-23-26(19(29)28-17)13-24-9-11-25(12-10-24)18-21-7-4-8-22-18/h2-8,14H,9-13H2,1H3/t14-/m0/s1. The van der Waals surface area contributed by atoms with E-state index >= 15 is 0 Å². The average molecular weight is 416 g/mol. The van der Waals surface area contributed by atoms with Crippen molar-refractivity contribution in [3.8, 4) is 5.75 Å². The van der Waals surface area contributed by atoms with Crippen LogP contribution in [0.25, 0.3) is 0 Å². The van der Waals surface area contributed by atoms with Crippen LogP contribution in [0, 0.1) is 10.7 Å². The van der Waals surface area contributed by atoms with E-state index in [1.807, 2.05) is 0 Å². The number of ether oxygens (including phenoxy) is 1. The maximum Gasteiger partial charge on any atom is 0.288 e. The smallest absolute Gasteiger partial charge is 0.288 e. The van der Waals surface area contributed by atoms with Gasteiger partial charge >= 0.3 is 0 Å². The van der Waals surface area contributed by atoms with Crippen molar-refractivity contribution in [2.24, 2.45) is 0 Å². The molecule has 152 valence electrons. The molecule has 1 aromatic carbocycles. The molecule has 1 saturated heterocycles. The summed E-state index contributed by atoms with van der Waals surface area (Å²) in [7, 11) is 0. The maximum absolute atomic E-state index is 13.8. The molecule has 1 aliphatic heterocycles. The van der Waals surface area contributed by atoms with Gasteiger partial charge in [-0.15, -0.1) is 5.10 Å². The van der Waals surface area contributed by atoms with Gasteiger partial charge in [-0.1, -0.05) is 12.1 Å². The molecule has 1 aliphatic rings. The predicted molar refractivity (Wildman–Crippen MR) is 107 cm³/mol. The Balaban J connectivity index is 1.36. The SMILES string of the molecule is C[C@H](Oc1ccccc1F)c1nn(CN2CCN(c3ncccn3)CC2)c(=S)o1. The second-order valence-electron chi connectivity index (χ2n) is 6.69. The number of benzene rings is 1. The number of rotatable bonds is 6. The van der Waals surface area contributed by atoms with Gasteiger partial charge in [0.25, 0.3) is 10.7 Å². The first-order valence-corrected chi connectivity index (χ1v) is 9.74. The largest absolute Gasteiger partial charge is 0.478 e. The van der Waals surface area contributed by atoms with E-state index in [9.17, 15) is 4.39 Å². The third-order valence-corrected chi connectivity index (χ3v) is 4.95. The third-order valence-electron chi connectivity index (χ3n) is 4.65. The Labute approximate surface area is 172 Å². The van der Waals surface area contributed by atoms with Crippen LogP contribution in [0.4, 0.5) is 10.3 Å². The summed E-state index contributed by atoms with van der Waals surface area (Å²) in [5, 5.41) is 4.43. The zero-order valence-electron chi connectivity index (χ0n) is 15.9. The van der Waals surface area contributed by atoms with Crippen LogP contribution in [-0.4, -0.2) is 50.8 Å². The van der Waals surface area contributed by atoms with Gasteiger partial charge in [0.15, 0.2) is 17.7 Å². The molecule has 3 heterocycles. The van der Waals surface area contributed by atoms with Crippen LogP contribution in [0.15, 0.2) is 47.1 Å². The molecule has 29 heavy (non-hydrogen) atoms. The summed E-state index contributed by atoms with van der Waals surface area (Å²) >= 11 is 5.30. The van der Waals surface area contributed by atoms with E-state index in [4.69, 9.17) is 21.4 Å². The normalized spacial score (nSPS) is 16.0. The summed E-state index contributed by atoms with van der Waals surface area (Å²) < 4.78 is 26.6. The number of nitrogens with zero attached hydrogens (tertiary/aromatic N) is 6. The Hall–Kier alpha value is -2.85. The molecule has 8 nitrogen and oxygen atoms in total. The maximum atomic E-state index is 13.8. The fraction of sp³-hybridized carbons (Fsp3) is 0.368. The number of halogens is 1. The van der Waals surface area contributed by atoms with Gasteiger partial charge in [0.2, 0.25) is 5.95 Å². The van der Waals surface area contributed by atoms with E-state index in [-0.39, 0.29) is 10.6 Å². The first-order valence-electron chi connectivity index (χ1n) is 9.33.